The third-order valence-corrected chi connectivity index (χ3v) is 4.38. The van der Waals surface area contributed by atoms with Crippen molar-refractivity contribution in [2.75, 3.05) is 27.4 Å². The van der Waals surface area contributed by atoms with Crippen LogP contribution in [-0.2, 0) is 28.5 Å². The monoisotopic (exact) mass is 330 g/mol. The van der Waals surface area contributed by atoms with Crippen molar-refractivity contribution in [2.45, 2.75) is 56.8 Å². The molecular weight excluding hydrogens is 304 g/mol. The van der Waals surface area contributed by atoms with E-state index in [1.807, 2.05) is 6.92 Å². The molecule has 2 aliphatic rings. The van der Waals surface area contributed by atoms with Gasteiger partial charge in [0.15, 0.2) is 0 Å². The van der Waals surface area contributed by atoms with Gasteiger partial charge in [0.1, 0.15) is 24.4 Å². The Morgan fingerprint density at radius 3 is 2.00 bits per heavy atom. The van der Waals surface area contributed by atoms with Crippen molar-refractivity contribution in [3.8, 4) is 0 Å². The molecule has 0 aromatic carbocycles. The fourth-order valence-electron chi connectivity index (χ4n) is 2.89. The van der Waals surface area contributed by atoms with Crippen LogP contribution in [0.3, 0.4) is 0 Å². The second kappa shape index (κ2) is 8.05. The Morgan fingerprint density at radius 1 is 1.04 bits per heavy atom. The fourth-order valence-corrected chi connectivity index (χ4v) is 2.89. The van der Waals surface area contributed by atoms with Crippen LogP contribution in [0.2, 0.25) is 0 Å². The fraction of sp³-hybridized carbons (Fsp3) is 0.867. The molecule has 132 valence electrons. The predicted molar refractivity (Wildman–Crippen MR) is 80.9 cm³/mol. The quantitative estimate of drug-likeness (QED) is 0.635. The van der Waals surface area contributed by atoms with Crippen LogP contribution in [-0.4, -0.2) is 75.7 Å². The summed E-state index contributed by atoms with van der Waals surface area (Å²) in [6, 6.07) is -0.477. The maximum atomic E-state index is 12.1. The van der Waals surface area contributed by atoms with Crippen molar-refractivity contribution in [1.82, 2.24) is 10.6 Å². The molecule has 6 atom stereocenters. The standard InChI is InChI=1S/C15H26N2O6/c1-5-11(21-4)15(19)17-10-7-23-12-9(6-22-13(10)12)16-14(18)8(2)20-3/h8-13H,5-7H2,1-4H3,(H,16,18)(H,17,19)/t8-,9+,10+,11?,12-,13-/m1/s1. The van der Waals surface area contributed by atoms with E-state index < -0.39 is 12.2 Å². The third kappa shape index (κ3) is 4.00. The first-order valence-corrected chi connectivity index (χ1v) is 7.91. The van der Waals surface area contributed by atoms with Crippen LogP contribution in [0, 0.1) is 0 Å². The topological polar surface area (TPSA) is 95.1 Å². The molecule has 2 fully saturated rings. The highest BCUT2D eigenvalue weighted by Gasteiger charge is 2.49. The maximum Gasteiger partial charge on any atom is 0.249 e. The summed E-state index contributed by atoms with van der Waals surface area (Å²) in [6.07, 6.45) is -0.947. The van der Waals surface area contributed by atoms with Crippen LogP contribution < -0.4 is 10.6 Å². The number of methoxy groups -OCH3 is 2. The van der Waals surface area contributed by atoms with Crippen molar-refractivity contribution < 1.29 is 28.5 Å². The zero-order chi connectivity index (χ0) is 17.0. The Bertz CT molecular complexity index is 428. The number of hydrogen-bond donors (Lipinski definition) is 2. The number of hydrogen-bond acceptors (Lipinski definition) is 6. The molecule has 0 radical (unpaired) electrons. The van der Waals surface area contributed by atoms with Gasteiger partial charge in [-0.15, -0.1) is 0 Å². The van der Waals surface area contributed by atoms with Crippen molar-refractivity contribution in [2.24, 2.45) is 0 Å². The summed E-state index contributed by atoms with van der Waals surface area (Å²) in [5, 5.41) is 5.78. The smallest absolute Gasteiger partial charge is 0.249 e. The van der Waals surface area contributed by atoms with Gasteiger partial charge in [0.25, 0.3) is 0 Å². The van der Waals surface area contributed by atoms with Gasteiger partial charge in [-0.1, -0.05) is 6.92 Å². The van der Waals surface area contributed by atoms with Crippen LogP contribution in [0.15, 0.2) is 0 Å². The number of amides is 2. The van der Waals surface area contributed by atoms with Gasteiger partial charge in [0.05, 0.1) is 25.3 Å². The Hall–Kier alpha value is -1.22. The second-order valence-electron chi connectivity index (χ2n) is 5.84. The van der Waals surface area contributed by atoms with Crippen molar-refractivity contribution in [1.29, 1.82) is 0 Å². The first-order chi connectivity index (χ1) is 11.0. The lowest BCUT2D eigenvalue weighted by Crippen LogP contribution is -2.50. The van der Waals surface area contributed by atoms with E-state index in [2.05, 4.69) is 10.6 Å². The molecule has 8 nitrogen and oxygen atoms in total. The van der Waals surface area contributed by atoms with E-state index in [1.165, 1.54) is 14.2 Å². The molecule has 0 aromatic rings. The molecular formula is C15H26N2O6. The first kappa shape index (κ1) is 18.1. The summed E-state index contributed by atoms with van der Waals surface area (Å²) in [4.78, 5) is 24.0. The molecule has 0 spiro atoms. The molecule has 0 aliphatic carbocycles. The molecule has 2 rings (SSSR count). The third-order valence-electron chi connectivity index (χ3n) is 4.38. The van der Waals surface area contributed by atoms with Crippen LogP contribution in [0.25, 0.3) is 0 Å². The number of fused-ring (bicyclic) bond motifs is 1. The number of carbonyl (C=O) groups excluding carboxylic acids is 2. The van der Waals surface area contributed by atoms with Crippen LogP contribution >= 0.6 is 0 Å². The van der Waals surface area contributed by atoms with E-state index in [9.17, 15) is 9.59 Å². The minimum absolute atomic E-state index is 0.173. The van der Waals surface area contributed by atoms with Crippen LogP contribution in [0.4, 0.5) is 0 Å². The van der Waals surface area contributed by atoms with Gasteiger partial charge in [-0.3, -0.25) is 9.59 Å². The van der Waals surface area contributed by atoms with Gasteiger partial charge in [-0.05, 0) is 13.3 Å². The van der Waals surface area contributed by atoms with Crippen LogP contribution in [0.1, 0.15) is 20.3 Å². The lowest BCUT2D eigenvalue weighted by molar-refractivity contribution is -0.132. The second-order valence-corrected chi connectivity index (χ2v) is 5.84. The Kier molecular flexibility index (Phi) is 6.34. The SMILES string of the molecule is CCC(OC)C(=O)N[C@H]1CO[C@H]2[C@@H]1OC[C@@H]2NC(=O)[C@@H](C)OC. The Labute approximate surface area is 136 Å². The molecule has 2 aliphatic heterocycles. The molecule has 2 saturated heterocycles. The largest absolute Gasteiger partial charge is 0.372 e. The van der Waals surface area contributed by atoms with E-state index in [4.69, 9.17) is 18.9 Å². The molecule has 0 bridgehead atoms. The first-order valence-electron chi connectivity index (χ1n) is 7.91. The normalized spacial score (nSPS) is 32.2. The summed E-state index contributed by atoms with van der Waals surface area (Å²) in [5.41, 5.74) is 0. The maximum absolute atomic E-state index is 12.1. The minimum Gasteiger partial charge on any atom is -0.372 e. The average molecular weight is 330 g/mol. The summed E-state index contributed by atoms with van der Waals surface area (Å²) < 4.78 is 21.6. The summed E-state index contributed by atoms with van der Waals surface area (Å²) in [7, 11) is 2.99. The highest BCUT2D eigenvalue weighted by molar-refractivity contribution is 5.81. The van der Waals surface area contributed by atoms with Gasteiger partial charge in [0.2, 0.25) is 11.8 Å². The molecule has 23 heavy (non-hydrogen) atoms. The average Bonchev–Trinajstić information content (AvgIpc) is 3.11. The van der Waals surface area contributed by atoms with Crippen molar-refractivity contribution in [3.05, 3.63) is 0 Å². The molecule has 8 heteroatoms. The summed E-state index contributed by atoms with van der Waals surface area (Å²) in [5.74, 6) is -0.378. The minimum atomic E-state index is -0.530. The van der Waals surface area contributed by atoms with Crippen LogP contribution in [0.5, 0.6) is 0 Å². The number of nitrogens with one attached hydrogen (secondary N) is 2. The van der Waals surface area contributed by atoms with E-state index in [0.717, 1.165) is 0 Å². The van der Waals surface area contributed by atoms with E-state index >= 15 is 0 Å². The Balaban J connectivity index is 1.89. The van der Waals surface area contributed by atoms with E-state index in [1.54, 1.807) is 6.92 Å². The van der Waals surface area contributed by atoms with Gasteiger partial charge in [-0.25, -0.2) is 0 Å². The summed E-state index contributed by atoms with van der Waals surface area (Å²) >= 11 is 0. The summed E-state index contributed by atoms with van der Waals surface area (Å²) in [6.45, 7) is 4.27. The van der Waals surface area contributed by atoms with Gasteiger partial charge in [-0.2, -0.15) is 0 Å². The van der Waals surface area contributed by atoms with Gasteiger partial charge in [0, 0.05) is 14.2 Å². The zero-order valence-corrected chi connectivity index (χ0v) is 14.0. The van der Waals surface area contributed by atoms with Gasteiger partial charge >= 0.3 is 0 Å². The lowest BCUT2D eigenvalue weighted by Gasteiger charge is -2.21. The molecule has 2 heterocycles. The number of rotatable bonds is 7. The highest BCUT2D eigenvalue weighted by Crippen LogP contribution is 2.27. The predicted octanol–water partition coefficient (Wildman–Crippen LogP) is -0.786. The lowest BCUT2D eigenvalue weighted by atomic mass is 10.1. The van der Waals surface area contributed by atoms with Crippen molar-refractivity contribution in [3.63, 3.8) is 0 Å². The van der Waals surface area contributed by atoms with E-state index in [-0.39, 0.29) is 36.1 Å². The molecule has 2 N–H and O–H groups in total. The highest BCUT2D eigenvalue weighted by atomic mass is 16.6. The number of ether oxygens (including phenoxy) is 4. The molecule has 0 aromatic heterocycles. The molecule has 2 amide bonds. The van der Waals surface area contributed by atoms with E-state index in [0.29, 0.717) is 19.6 Å². The Morgan fingerprint density at radius 2 is 1.57 bits per heavy atom. The molecule has 0 saturated carbocycles. The number of carbonyl (C=O) groups is 2. The van der Waals surface area contributed by atoms with Crippen molar-refractivity contribution >= 4 is 11.8 Å². The van der Waals surface area contributed by atoms with Gasteiger partial charge < -0.3 is 29.6 Å². The molecule has 1 unspecified atom stereocenters. The zero-order valence-electron chi connectivity index (χ0n) is 14.0.